The van der Waals surface area contributed by atoms with Crippen LogP contribution in [-0.4, -0.2) is 39.0 Å². The van der Waals surface area contributed by atoms with Crippen molar-refractivity contribution in [3.05, 3.63) is 34.9 Å². The summed E-state index contributed by atoms with van der Waals surface area (Å²) in [7, 11) is -3.36. The molecule has 0 aliphatic rings. The Morgan fingerprint density at radius 2 is 1.85 bits per heavy atom. The lowest BCUT2D eigenvalue weighted by Gasteiger charge is -2.26. The van der Waals surface area contributed by atoms with Crippen LogP contribution in [0.1, 0.15) is 26.3 Å². The molecule has 1 aromatic carbocycles. The summed E-state index contributed by atoms with van der Waals surface area (Å²) >= 11 is 5.99. The predicted octanol–water partition coefficient (Wildman–Crippen LogP) is 2.49. The lowest BCUT2D eigenvalue weighted by molar-refractivity contribution is 0.232. The summed E-state index contributed by atoms with van der Waals surface area (Å²) in [4.78, 5) is 2.21. The van der Waals surface area contributed by atoms with E-state index in [2.05, 4.69) is 23.5 Å². The molecule has 0 saturated carbocycles. The standard InChI is InChI=1S/C14H23ClN2O2S/c1-4-17(5-2)12(3)10-16-20(18,19)11-13-8-6-7-9-14(13)15/h6-9,12,16H,4-5,10-11H2,1-3H3. The molecule has 0 fully saturated rings. The van der Waals surface area contributed by atoms with Crippen molar-refractivity contribution in [3.63, 3.8) is 0 Å². The van der Waals surface area contributed by atoms with Gasteiger partial charge in [-0.2, -0.15) is 0 Å². The molecule has 1 N–H and O–H groups in total. The van der Waals surface area contributed by atoms with Gasteiger partial charge in [-0.3, -0.25) is 4.90 Å². The molecule has 114 valence electrons. The monoisotopic (exact) mass is 318 g/mol. The van der Waals surface area contributed by atoms with Crippen LogP contribution in [0.3, 0.4) is 0 Å². The third kappa shape index (κ3) is 5.40. The number of nitrogens with one attached hydrogen (secondary N) is 1. The first-order chi connectivity index (χ1) is 9.39. The minimum atomic E-state index is -3.36. The Labute approximate surface area is 127 Å². The van der Waals surface area contributed by atoms with Crippen LogP contribution in [0.25, 0.3) is 0 Å². The second kappa shape index (κ2) is 7.98. The van der Waals surface area contributed by atoms with Crippen molar-refractivity contribution in [2.75, 3.05) is 19.6 Å². The summed E-state index contributed by atoms with van der Waals surface area (Å²) in [5, 5.41) is 0.481. The summed E-state index contributed by atoms with van der Waals surface area (Å²) in [5.41, 5.74) is 0.622. The van der Waals surface area contributed by atoms with E-state index in [4.69, 9.17) is 11.6 Å². The zero-order chi connectivity index (χ0) is 15.2. The second-order valence-corrected chi connectivity index (χ2v) is 6.98. The quantitative estimate of drug-likeness (QED) is 0.801. The zero-order valence-electron chi connectivity index (χ0n) is 12.3. The van der Waals surface area contributed by atoms with Crippen LogP contribution >= 0.6 is 11.6 Å². The van der Waals surface area contributed by atoms with Gasteiger partial charge in [-0.25, -0.2) is 13.1 Å². The van der Waals surface area contributed by atoms with Crippen LogP contribution in [-0.2, 0) is 15.8 Å². The largest absolute Gasteiger partial charge is 0.300 e. The summed E-state index contributed by atoms with van der Waals surface area (Å²) in [6.45, 7) is 8.38. The molecule has 1 atom stereocenters. The molecule has 0 aromatic heterocycles. The summed E-state index contributed by atoms with van der Waals surface area (Å²) in [6, 6.07) is 7.18. The van der Waals surface area contributed by atoms with Crippen LogP contribution in [0.4, 0.5) is 0 Å². The average molecular weight is 319 g/mol. The minimum absolute atomic E-state index is 0.0857. The van der Waals surface area contributed by atoms with Gasteiger partial charge in [0.05, 0.1) is 5.75 Å². The number of hydrogen-bond acceptors (Lipinski definition) is 3. The SMILES string of the molecule is CCN(CC)C(C)CNS(=O)(=O)Cc1ccccc1Cl. The number of nitrogens with zero attached hydrogens (tertiary/aromatic N) is 1. The molecule has 1 rings (SSSR count). The van der Waals surface area contributed by atoms with Crippen LogP contribution in [0.2, 0.25) is 5.02 Å². The van der Waals surface area contributed by atoms with Crippen molar-refractivity contribution < 1.29 is 8.42 Å². The van der Waals surface area contributed by atoms with Gasteiger partial charge in [0.15, 0.2) is 0 Å². The molecule has 4 nitrogen and oxygen atoms in total. The van der Waals surface area contributed by atoms with Gasteiger partial charge in [-0.15, -0.1) is 0 Å². The summed E-state index contributed by atoms with van der Waals surface area (Å²) in [5.74, 6) is -0.0857. The Balaban J connectivity index is 2.61. The minimum Gasteiger partial charge on any atom is -0.300 e. The molecule has 0 amide bonds. The highest BCUT2D eigenvalue weighted by Crippen LogP contribution is 2.17. The first kappa shape index (κ1) is 17.4. The van der Waals surface area contributed by atoms with Crippen LogP contribution < -0.4 is 4.72 Å². The highest BCUT2D eigenvalue weighted by Gasteiger charge is 2.16. The van der Waals surface area contributed by atoms with E-state index in [1.807, 2.05) is 6.92 Å². The van der Waals surface area contributed by atoms with Gasteiger partial charge in [0, 0.05) is 17.6 Å². The molecule has 0 saturated heterocycles. The molecule has 20 heavy (non-hydrogen) atoms. The van der Waals surface area contributed by atoms with Crippen molar-refractivity contribution >= 4 is 21.6 Å². The van der Waals surface area contributed by atoms with E-state index in [1.54, 1.807) is 24.3 Å². The third-order valence-corrected chi connectivity index (χ3v) is 5.00. The number of sulfonamides is 1. The second-order valence-electron chi connectivity index (χ2n) is 4.77. The van der Waals surface area contributed by atoms with E-state index in [0.29, 0.717) is 17.1 Å². The van der Waals surface area contributed by atoms with Gasteiger partial charge in [0.2, 0.25) is 10.0 Å². The molecule has 0 spiro atoms. The maximum Gasteiger partial charge on any atom is 0.215 e. The molecule has 6 heteroatoms. The van der Waals surface area contributed by atoms with Crippen molar-refractivity contribution in [1.82, 2.24) is 9.62 Å². The number of halogens is 1. The van der Waals surface area contributed by atoms with Gasteiger partial charge in [-0.05, 0) is 31.6 Å². The van der Waals surface area contributed by atoms with E-state index in [-0.39, 0.29) is 11.8 Å². The molecule has 1 unspecified atom stereocenters. The number of hydrogen-bond donors (Lipinski definition) is 1. The molecule has 0 radical (unpaired) electrons. The average Bonchev–Trinajstić information content (AvgIpc) is 2.40. The highest BCUT2D eigenvalue weighted by molar-refractivity contribution is 7.88. The number of rotatable bonds is 8. The Kier molecular flexibility index (Phi) is 6.95. The third-order valence-electron chi connectivity index (χ3n) is 3.34. The van der Waals surface area contributed by atoms with Crippen molar-refractivity contribution in [2.24, 2.45) is 0 Å². The topological polar surface area (TPSA) is 49.4 Å². The lowest BCUT2D eigenvalue weighted by Crippen LogP contribution is -2.42. The highest BCUT2D eigenvalue weighted by atomic mass is 35.5. The van der Waals surface area contributed by atoms with Gasteiger partial charge in [0.1, 0.15) is 0 Å². The molecule has 1 aromatic rings. The van der Waals surface area contributed by atoms with Crippen LogP contribution in [0.15, 0.2) is 24.3 Å². The molecule has 0 aliphatic carbocycles. The normalized spacial score (nSPS) is 13.7. The van der Waals surface area contributed by atoms with Gasteiger partial charge in [-0.1, -0.05) is 43.6 Å². The molecule has 0 aliphatic heterocycles. The molecule has 0 heterocycles. The van der Waals surface area contributed by atoms with Gasteiger partial charge < -0.3 is 0 Å². The summed E-state index contributed by atoms with van der Waals surface area (Å²) in [6.07, 6.45) is 0. The zero-order valence-corrected chi connectivity index (χ0v) is 13.8. The molecule has 0 bridgehead atoms. The fourth-order valence-electron chi connectivity index (χ4n) is 2.09. The number of benzene rings is 1. The Morgan fingerprint density at radius 1 is 1.25 bits per heavy atom. The Hall–Kier alpha value is -0.620. The first-order valence-corrected chi connectivity index (χ1v) is 8.87. The van der Waals surface area contributed by atoms with Crippen molar-refractivity contribution in [1.29, 1.82) is 0 Å². The molecular weight excluding hydrogens is 296 g/mol. The van der Waals surface area contributed by atoms with E-state index in [0.717, 1.165) is 13.1 Å². The van der Waals surface area contributed by atoms with Gasteiger partial charge in [0.25, 0.3) is 0 Å². The number of likely N-dealkylation sites (N-methyl/N-ethyl adjacent to an activating group) is 1. The van der Waals surface area contributed by atoms with Crippen molar-refractivity contribution in [3.8, 4) is 0 Å². The van der Waals surface area contributed by atoms with Crippen LogP contribution in [0.5, 0.6) is 0 Å². The van der Waals surface area contributed by atoms with E-state index in [1.165, 1.54) is 0 Å². The van der Waals surface area contributed by atoms with Crippen LogP contribution in [0, 0.1) is 0 Å². The molecular formula is C14H23ClN2O2S. The first-order valence-electron chi connectivity index (χ1n) is 6.84. The van der Waals surface area contributed by atoms with E-state index in [9.17, 15) is 8.42 Å². The Morgan fingerprint density at radius 3 is 2.40 bits per heavy atom. The smallest absolute Gasteiger partial charge is 0.215 e. The van der Waals surface area contributed by atoms with Crippen molar-refractivity contribution in [2.45, 2.75) is 32.6 Å². The fraction of sp³-hybridized carbons (Fsp3) is 0.571. The predicted molar refractivity (Wildman–Crippen MR) is 84.5 cm³/mol. The maximum atomic E-state index is 12.1. The van der Waals surface area contributed by atoms with Gasteiger partial charge >= 0.3 is 0 Å². The lowest BCUT2D eigenvalue weighted by atomic mass is 10.2. The van der Waals surface area contributed by atoms with E-state index >= 15 is 0 Å². The Bertz CT molecular complexity index is 516. The van der Waals surface area contributed by atoms with E-state index < -0.39 is 10.0 Å². The maximum absolute atomic E-state index is 12.1. The summed E-state index contributed by atoms with van der Waals surface area (Å²) < 4.78 is 26.8. The fourth-order valence-corrected chi connectivity index (χ4v) is 3.63.